The summed E-state index contributed by atoms with van der Waals surface area (Å²) in [5.74, 6) is -5.36. The fourth-order valence-electron chi connectivity index (χ4n) is 2.88. The standard InChI is InChI=1S/C23H24ClFN2O8/c1-2-3-20(29)34-13-35-23(33)19(28)12-27(26-21(30)22(31)32)11-14-4-6-15(7-5-14)17-10-16(24)8-9-18(17)25/h4-10,19,28H,2-3,11-13H2,1H3,(H,26,30)(H,31,32)/t19-/m1/s1. The van der Waals surface area contributed by atoms with Crippen LogP contribution in [0.25, 0.3) is 11.1 Å². The molecule has 0 spiro atoms. The molecule has 0 radical (unpaired) electrons. The van der Waals surface area contributed by atoms with Crippen LogP contribution in [0.1, 0.15) is 25.3 Å². The number of carbonyl (C=O) groups excluding carboxylic acids is 3. The maximum atomic E-state index is 14.1. The molecule has 188 valence electrons. The summed E-state index contributed by atoms with van der Waals surface area (Å²) in [7, 11) is 0. The molecule has 1 amide bonds. The zero-order valence-electron chi connectivity index (χ0n) is 18.7. The fourth-order valence-corrected chi connectivity index (χ4v) is 3.05. The number of amides is 1. The van der Waals surface area contributed by atoms with Crippen LogP contribution in [-0.2, 0) is 35.2 Å². The van der Waals surface area contributed by atoms with E-state index in [0.29, 0.717) is 22.6 Å². The van der Waals surface area contributed by atoms with Crippen LogP contribution >= 0.6 is 11.6 Å². The molecule has 35 heavy (non-hydrogen) atoms. The third kappa shape index (κ3) is 8.96. The average Bonchev–Trinajstić information content (AvgIpc) is 2.81. The van der Waals surface area contributed by atoms with Crippen LogP contribution in [0.3, 0.4) is 0 Å². The predicted octanol–water partition coefficient (Wildman–Crippen LogP) is 2.27. The van der Waals surface area contributed by atoms with Gasteiger partial charge in [-0.25, -0.2) is 19.0 Å². The summed E-state index contributed by atoms with van der Waals surface area (Å²) in [6, 6.07) is 10.5. The highest BCUT2D eigenvalue weighted by Gasteiger charge is 2.24. The molecular formula is C23H24ClFN2O8. The minimum atomic E-state index is -1.80. The number of nitrogens with one attached hydrogen (secondary N) is 1. The van der Waals surface area contributed by atoms with Crippen LogP contribution in [0.5, 0.6) is 0 Å². The topological polar surface area (TPSA) is 142 Å². The first-order chi connectivity index (χ1) is 16.6. The lowest BCUT2D eigenvalue weighted by Crippen LogP contribution is -2.49. The van der Waals surface area contributed by atoms with Gasteiger partial charge in [0.25, 0.3) is 0 Å². The van der Waals surface area contributed by atoms with Gasteiger partial charge in [0.05, 0.1) is 6.54 Å². The molecule has 1 atom stereocenters. The summed E-state index contributed by atoms with van der Waals surface area (Å²) >= 11 is 5.93. The van der Waals surface area contributed by atoms with Gasteiger partial charge >= 0.3 is 23.8 Å². The quantitative estimate of drug-likeness (QED) is 0.179. The van der Waals surface area contributed by atoms with Crippen LogP contribution in [-0.4, -0.2) is 58.5 Å². The normalized spacial score (nSPS) is 11.6. The molecule has 0 unspecified atom stereocenters. The highest BCUT2D eigenvalue weighted by atomic mass is 35.5. The first kappa shape index (κ1) is 27.7. The van der Waals surface area contributed by atoms with E-state index in [1.54, 1.807) is 31.2 Å². The van der Waals surface area contributed by atoms with Gasteiger partial charge in [-0.05, 0) is 35.7 Å². The van der Waals surface area contributed by atoms with Gasteiger partial charge in [-0.15, -0.1) is 0 Å². The van der Waals surface area contributed by atoms with Crippen molar-refractivity contribution in [1.29, 1.82) is 0 Å². The molecule has 12 heteroatoms. The van der Waals surface area contributed by atoms with Crippen LogP contribution in [0.2, 0.25) is 5.02 Å². The molecule has 2 aromatic rings. The number of halogens is 2. The second-order valence-corrected chi connectivity index (χ2v) is 7.75. The van der Waals surface area contributed by atoms with Crippen molar-refractivity contribution in [3.05, 3.63) is 58.9 Å². The molecule has 2 aromatic carbocycles. The number of aliphatic hydroxyl groups excluding tert-OH is 1. The maximum Gasteiger partial charge on any atom is 0.395 e. The van der Waals surface area contributed by atoms with Crippen molar-refractivity contribution in [1.82, 2.24) is 10.4 Å². The second-order valence-electron chi connectivity index (χ2n) is 7.31. The average molecular weight is 511 g/mol. The molecule has 0 aliphatic rings. The van der Waals surface area contributed by atoms with E-state index in [1.807, 2.05) is 0 Å². The van der Waals surface area contributed by atoms with Gasteiger partial charge < -0.3 is 19.7 Å². The number of benzene rings is 2. The summed E-state index contributed by atoms with van der Waals surface area (Å²) in [6.07, 6.45) is -1.12. The minimum absolute atomic E-state index is 0.118. The van der Waals surface area contributed by atoms with E-state index < -0.39 is 49.1 Å². The third-order valence-corrected chi connectivity index (χ3v) is 4.80. The number of hydrogen-bond acceptors (Lipinski definition) is 8. The van der Waals surface area contributed by atoms with Crippen molar-refractivity contribution in [2.75, 3.05) is 13.3 Å². The zero-order chi connectivity index (χ0) is 26.0. The molecule has 2 rings (SSSR count). The largest absolute Gasteiger partial charge is 0.474 e. The van der Waals surface area contributed by atoms with E-state index in [-0.39, 0.29) is 18.5 Å². The summed E-state index contributed by atoms with van der Waals surface area (Å²) in [4.78, 5) is 45.9. The van der Waals surface area contributed by atoms with Gasteiger partial charge in [0.1, 0.15) is 5.82 Å². The number of ether oxygens (including phenoxy) is 2. The van der Waals surface area contributed by atoms with E-state index in [0.717, 1.165) is 5.01 Å². The lowest BCUT2D eigenvalue weighted by Gasteiger charge is -2.24. The second kappa shape index (κ2) is 13.4. The van der Waals surface area contributed by atoms with Crippen LogP contribution in [0.15, 0.2) is 42.5 Å². The van der Waals surface area contributed by atoms with Gasteiger partial charge in [-0.3, -0.25) is 15.0 Å². The fraction of sp³-hybridized carbons (Fsp3) is 0.304. The van der Waals surface area contributed by atoms with E-state index in [9.17, 15) is 28.7 Å². The first-order valence-electron chi connectivity index (χ1n) is 10.4. The van der Waals surface area contributed by atoms with E-state index in [1.165, 1.54) is 18.2 Å². The molecule has 0 bridgehead atoms. The number of nitrogens with zero attached hydrogens (tertiary/aromatic N) is 1. The summed E-state index contributed by atoms with van der Waals surface area (Å²) in [5, 5.41) is 20.4. The minimum Gasteiger partial charge on any atom is -0.474 e. The number of aliphatic hydroxyl groups is 1. The van der Waals surface area contributed by atoms with Crippen molar-refractivity contribution in [3.8, 4) is 11.1 Å². The Labute approximate surface area is 205 Å². The number of hydrazine groups is 1. The Bertz CT molecular complexity index is 1060. The molecule has 0 heterocycles. The van der Waals surface area contributed by atoms with Crippen molar-refractivity contribution in [2.24, 2.45) is 0 Å². The number of rotatable bonds is 11. The zero-order valence-corrected chi connectivity index (χ0v) is 19.5. The lowest BCUT2D eigenvalue weighted by molar-refractivity contribution is -0.174. The molecule has 0 aliphatic heterocycles. The van der Waals surface area contributed by atoms with Gasteiger partial charge in [0, 0.05) is 23.6 Å². The van der Waals surface area contributed by atoms with Gasteiger partial charge in [0.15, 0.2) is 6.10 Å². The summed E-state index contributed by atoms with van der Waals surface area (Å²) < 4.78 is 23.5. The highest BCUT2D eigenvalue weighted by molar-refractivity contribution is 6.31. The Hall–Kier alpha value is -3.54. The molecule has 0 aromatic heterocycles. The maximum absolute atomic E-state index is 14.1. The Morgan fingerprint density at radius 1 is 1.11 bits per heavy atom. The molecule has 0 aliphatic carbocycles. The first-order valence-corrected chi connectivity index (χ1v) is 10.8. The predicted molar refractivity (Wildman–Crippen MR) is 121 cm³/mol. The molecule has 0 saturated carbocycles. The monoisotopic (exact) mass is 510 g/mol. The van der Waals surface area contributed by atoms with E-state index in [4.69, 9.17) is 16.7 Å². The number of carboxylic acid groups (broad SMARTS) is 1. The Balaban J connectivity index is 2.06. The Kier molecular flexibility index (Phi) is 10.6. The Morgan fingerprint density at radius 2 is 1.80 bits per heavy atom. The van der Waals surface area contributed by atoms with Crippen LogP contribution in [0, 0.1) is 5.82 Å². The molecular weight excluding hydrogens is 487 g/mol. The summed E-state index contributed by atoms with van der Waals surface area (Å²) in [5.41, 5.74) is 3.41. The van der Waals surface area contributed by atoms with Crippen molar-refractivity contribution < 1.29 is 43.3 Å². The van der Waals surface area contributed by atoms with Gasteiger partial charge in [-0.1, -0.05) is 42.8 Å². The van der Waals surface area contributed by atoms with Crippen molar-refractivity contribution in [3.63, 3.8) is 0 Å². The van der Waals surface area contributed by atoms with Gasteiger partial charge in [0.2, 0.25) is 6.79 Å². The molecule has 10 nitrogen and oxygen atoms in total. The van der Waals surface area contributed by atoms with Crippen LogP contribution < -0.4 is 5.43 Å². The highest BCUT2D eigenvalue weighted by Crippen LogP contribution is 2.26. The Morgan fingerprint density at radius 3 is 2.43 bits per heavy atom. The number of aliphatic carboxylic acids is 1. The van der Waals surface area contributed by atoms with Crippen molar-refractivity contribution in [2.45, 2.75) is 32.4 Å². The lowest BCUT2D eigenvalue weighted by atomic mass is 10.0. The number of esters is 2. The molecule has 0 fully saturated rings. The number of hydrogen-bond donors (Lipinski definition) is 3. The number of carbonyl (C=O) groups is 4. The number of carboxylic acids is 1. The molecule has 0 saturated heterocycles. The smallest absolute Gasteiger partial charge is 0.395 e. The van der Waals surface area contributed by atoms with Gasteiger partial charge in [-0.2, -0.15) is 0 Å². The van der Waals surface area contributed by atoms with E-state index >= 15 is 0 Å². The molecule has 3 N–H and O–H groups in total. The van der Waals surface area contributed by atoms with Crippen molar-refractivity contribution >= 4 is 35.4 Å². The van der Waals surface area contributed by atoms with Crippen LogP contribution in [0.4, 0.5) is 4.39 Å². The SMILES string of the molecule is CCCC(=O)OCOC(=O)[C@H](O)CN(Cc1ccc(-c2cc(Cl)ccc2F)cc1)NC(=O)C(=O)O. The third-order valence-electron chi connectivity index (χ3n) is 4.56. The van der Waals surface area contributed by atoms with E-state index in [2.05, 4.69) is 14.9 Å². The summed E-state index contributed by atoms with van der Waals surface area (Å²) in [6.45, 7) is 0.413.